The molecule has 2 N–H and O–H groups in total. The molecule has 1 amide bonds. The fourth-order valence-electron chi connectivity index (χ4n) is 4.62. The summed E-state index contributed by atoms with van der Waals surface area (Å²) in [6.45, 7) is 3.95. The second-order valence-electron chi connectivity index (χ2n) is 8.27. The molecule has 162 valence electrons. The number of fused-ring (bicyclic) bond motifs is 4. The Morgan fingerprint density at radius 1 is 1.12 bits per heavy atom. The van der Waals surface area contributed by atoms with E-state index in [-0.39, 0.29) is 11.9 Å². The van der Waals surface area contributed by atoms with Gasteiger partial charge < -0.3 is 15.4 Å². The highest BCUT2D eigenvalue weighted by Crippen LogP contribution is 2.50. The van der Waals surface area contributed by atoms with Gasteiger partial charge in [-0.15, -0.1) is 0 Å². The number of aryl methyl sites for hydroxylation is 1. The van der Waals surface area contributed by atoms with Gasteiger partial charge in [0.1, 0.15) is 11.7 Å². The Balaban J connectivity index is 1.62. The van der Waals surface area contributed by atoms with Gasteiger partial charge in [0.15, 0.2) is 10.8 Å². The van der Waals surface area contributed by atoms with Crippen molar-refractivity contribution in [2.45, 2.75) is 25.6 Å². The lowest BCUT2D eigenvalue weighted by atomic mass is 9.78. The van der Waals surface area contributed by atoms with Gasteiger partial charge in [-0.3, -0.25) is 9.69 Å². The van der Waals surface area contributed by atoms with E-state index in [1.54, 1.807) is 24.3 Å². The van der Waals surface area contributed by atoms with Crippen molar-refractivity contribution in [3.63, 3.8) is 0 Å². The first kappa shape index (κ1) is 20.8. The highest BCUT2D eigenvalue weighted by Gasteiger charge is 2.59. The minimum atomic E-state index is -1.03. The zero-order valence-electron chi connectivity index (χ0n) is 17.6. The highest BCUT2D eigenvalue weighted by atomic mass is 35.5. The molecule has 0 radical (unpaired) electrons. The molecular formula is C25H22ClN3O2S. The van der Waals surface area contributed by atoms with Crippen LogP contribution in [0.1, 0.15) is 24.1 Å². The summed E-state index contributed by atoms with van der Waals surface area (Å²) in [5.41, 5.74) is 2.50. The molecule has 2 bridgehead atoms. The molecule has 2 aliphatic rings. The molecule has 1 saturated heterocycles. The number of hydrogen-bond acceptors (Lipinski definition) is 3. The Labute approximate surface area is 197 Å². The maximum Gasteiger partial charge on any atom is 0.236 e. The fraction of sp³-hybridized carbons (Fsp3) is 0.200. The van der Waals surface area contributed by atoms with Crippen LogP contribution in [0.15, 0.2) is 72.8 Å². The van der Waals surface area contributed by atoms with Crippen molar-refractivity contribution in [2.24, 2.45) is 5.92 Å². The van der Waals surface area contributed by atoms with E-state index in [2.05, 4.69) is 16.7 Å². The minimum absolute atomic E-state index is 0.164. The third-order valence-corrected chi connectivity index (χ3v) is 6.61. The number of rotatable bonds is 3. The van der Waals surface area contributed by atoms with Crippen LogP contribution in [0.25, 0.3) is 0 Å². The molecule has 5 rings (SSSR count). The van der Waals surface area contributed by atoms with E-state index in [4.69, 9.17) is 28.6 Å². The van der Waals surface area contributed by atoms with E-state index in [1.165, 1.54) is 0 Å². The van der Waals surface area contributed by atoms with E-state index in [1.807, 2.05) is 61.2 Å². The van der Waals surface area contributed by atoms with Crippen molar-refractivity contribution in [1.82, 2.24) is 5.32 Å². The van der Waals surface area contributed by atoms with Gasteiger partial charge in [-0.25, -0.2) is 0 Å². The maximum absolute atomic E-state index is 13.7. The number of benzene rings is 3. The van der Waals surface area contributed by atoms with Crippen LogP contribution in [0.3, 0.4) is 0 Å². The fourth-order valence-corrected chi connectivity index (χ4v) is 5.16. The molecule has 0 aliphatic carbocycles. The lowest BCUT2D eigenvalue weighted by Crippen LogP contribution is -2.72. The van der Waals surface area contributed by atoms with Crippen LogP contribution in [0, 0.1) is 12.8 Å². The summed E-state index contributed by atoms with van der Waals surface area (Å²) in [5.74, 6) is -0.00290. The second kappa shape index (κ2) is 7.80. The smallest absolute Gasteiger partial charge is 0.236 e. The first-order chi connectivity index (χ1) is 15.4. The molecule has 1 fully saturated rings. The summed E-state index contributed by atoms with van der Waals surface area (Å²) >= 11 is 11.8. The first-order valence-electron chi connectivity index (χ1n) is 10.4. The van der Waals surface area contributed by atoms with Crippen LogP contribution >= 0.6 is 23.8 Å². The molecule has 3 aromatic carbocycles. The molecule has 0 spiro atoms. The van der Waals surface area contributed by atoms with Crippen molar-refractivity contribution in [3.8, 4) is 5.75 Å². The highest BCUT2D eigenvalue weighted by molar-refractivity contribution is 7.80. The Bertz CT molecular complexity index is 1200. The van der Waals surface area contributed by atoms with E-state index >= 15 is 0 Å². The number of carbonyl (C=O) groups is 1. The van der Waals surface area contributed by atoms with Crippen molar-refractivity contribution in [1.29, 1.82) is 0 Å². The van der Waals surface area contributed by atoms with Gasteiger partial charge in [0.05, 0.1) is 6.04 Å². The zero-order valence-corrected chi connectivity index (χ0v) is 19.2. The van der Waals surface area contributed by atoms with E-state index < -0.39 is 11.6 Å². The standard InChI is InChI=1S/C25H22ClN3O2S/c1-15-8-13-20-19(14-15)22-21(23(30)27-17-11-9-16(26)10-12-17)25(2,31-20)29(24(32)28-22)18-6-4-3-5-7-18/h3-14,21-22H,1-2H3,(H,27,30)(H,28,32)/t21-,22-,25+/m0/s1. The maximum atomic E-state index is 13.7. The monoisotopic (exact) mass is 463 g/mol. The number of halogens is 1. The van der Waals surface area contributed by atoms with Crippen LogP contribution in [0.2, 0.25) is 5.02 Å². The Kier molecular flexibility index (Phi) is 5.07. The predicted molar refractivity (Wildman–Crippen MR) is 131 cm³/mol. The number of ether oxygens (including phenoxy) is 1. The van der Waals surface area contributed by atoms with Gasteiger partial charge in [-0.2, -0.15) is 0 Å². The number of carbonyl (C=O) groups excluding carboxylic acids is 1. The van der Waals surface area contributed by atoms with Crippen LogP contribution < -0.4 is 20.3 Å². The topological polar surface area (TPSA) is 53.6 Å². The third kappa shape index (κ3) is 3.40. The first-order valence-corrected chi connectivity index (χ1v) is 11.2. The van der Waals surface area contributed by atoms with Crippen molar-refractivity contribution in [2.75, 3.05) is 10.2 Å². The molecule has 3 atom stereocenters. The Hall–Kier alpha value is -3.09. The molecule has 0 unspecified atom stereocenters. The van der Waals surface area contributed by atoms with Gasteiger partial charge in [0.25, 0.3) is 0 Å². The van der Waals surface area contributed by atoms with Crippen molar-refractivity contribution >= 4 is 46.2 Å². The SMILES string of the molecule is Cc1ccc2c(c1)[C@@H]1NC(=S)N(c3ccccc3)[C@](C)(O2)[C@@H]1C(=O)Nc1ccc(Cl)cc1. The van der Waals surface area contributed by atoms with E-state index in [0.717, 1.165) is 22.6 Å². The average Bonchev–Trinajstić information content (AvgIpc) is 2.76. The number of amides is 1. The normalized spacial score (nSPS) is 23.6. The Morgan fingerprint density at radius 3 is 2.56 bits per heavy atom. The number of nitrogens with zero attached hydrogens (tertiary/aromatic N) is 1. The largest absolute Gasteiger partial charge is 0.467 e. The van der Waals surface area contributed by atoms with Gasteiger partial charge >= 0.3 is 0 Å². The van der Waals surface area contributed by atoms with Gasteiger partial charge in [-0.1, -0.05) is 47.5 Å². The number of nitrogens with one attached hydrogen (secondary N) is 2. The Morgan fingerprint density at radius 2 is 1.84 bits per heavy atom. The lowest BCUT2D eigenvalue weighted by Gasteiger charge is -2.56. The zero-order chi connectivity index (χ0) is 22.5. The van der Waals surface area contributed by atoms with Crippen molar-refractivity contribution in [3.05, 3.63) is 88.9 Å². The van der Waals surface area contributed by atoms with E-state index in [0.29, 0.717) is 15.8 Å². The van der Waals surface area contributed by atoms with Gasteiger partial charge in [0.2, 0.25) is 5.91 Å². The summed E-state index contributed by atoms with van der Waals surface area (Å²) in [6, 6.07) is 22.5. The molecule has 32 heavy (non-hydrogen) atoms. The molecule has 2 aliphatic heterocycles. The quantitative estimate of drug-likeness (QED) is 0.506. The average molecular weight is 464 g/mol. The minimum Gasteiger partial charge on any atom is -0.467 e. The van der Waals surface area contributed by atoms with Crippen LogP contribution in [-0.2, 0) is 4.79 Å². The second-order valence-corrected chi connectivity index (χ2v) is 9.09. The van der Waals surface area contributed by atoms with Crippen LogP contribution in [0.4, 0.5) is 11.4 Å². The summed E-state index contributed by atoms with van der Waals surface area (Å²) in [6.07, 6.45) is 0. The predicted octanol–water partition coefficient (Wildman–Crippen LogP) is 5.45. The van der Waals surface area contributed by atoms with Crippen molar-refractivity contribution < 1.29 is 9.53 Å². The molecule has 2 heterocycles. The summed E-state index contributed by atoms with van der Waals surface area (Å²) in [7, 11) is 0. The molecular weight excluding hydrogens is 442 g/mol. The van der Waals surface area contributed by atoms with Crippen LogP contribution in [-0.4, -0.2) is 16.7 Å². The van der Waals surface area contributed by atoms with Gasteiger partial charge in [-0.05, 0) is 68.5 Å². The summed E-state index contributed by atoms with van der Waals surface area (Å²) < 4.78 is 6.59. The molecule has 0 saturated carbocycles. The molecule has 3 aromatic rings. The van der Waals surface area contributed by atoms with E-state index in [9.17, 15) is 4.79 Å². The number of anilines is 2. The third-order valence-electron chi connectivity index (χ3n) is 6.06. The number of thiocarbonyl (C=S) groups is 1. The van der Waals surface area contributed by atoms with Gasteiger partial charge in [0, 0.05) is 22.0 Å². The number of hydrogen-bond donors (Lipinski definition) is 2. The molecule has 5 nitrogen and oxygen atoms in total. The summed E-state index contributed by atoms with van der Waals surface area (Å²) in [4.78, 5) is 15.6. The lowest BCUT2D eigenvalue weighted by molar-refractivity contribution is -0.130. The summed E-state index contributed by atoms with van der Waals surface area (Å²) in [5, 5.41) is 7.59. The van der Waals surface area contributed by atoms with Crippen LogP contribution in [0.5, 0.6) is 5.75 Å². The number of para-hydroxylation sites is 1. The molecule has 7 heteroatoms. The molecule has 0 aromatic heterocycles.